The minimum absolute atomic E-state index is 0.354. The summed E-state index contributed by atoms with van der Waals surface area (Å²) in [6, 6.07) is 9.03. The van der Waals surface area contributed by atoms with Gasteiger partial charge in [0.1, 0.15) is 12.1 Å². The number of nitrogens with zero attached hydrogens (tertiary/aromatic N) is 3. The van der Waals surface area contributed by atoms with Crippen LogP contribution in [0.25, 0.3) is 22.4 Å². The molecule has 0 atom stereocenters. The summed E-state index contributed by atoms with van der Waals surface area (Å²) < 4.78 is 26.6. The van der Waals surface area contributed by atoms with E-state index in [0.29, 0.717) is 22.4 Å². The molecule has 3 nitrogen and oxygen atoms in total. The Morgan fingerprint density at radius 1 is 0.900 bits per heavy atom. The van der Waals surface area contributed by atoms with E-state index >= 15 is 0 Å². The number of hydrogen-bond acceptors (Lipinski definition) is 3. The number of benzene rings is 1. The van der Waals surface area contributed by atoms with Gasteiger partial charge < -0.3 is 0 Å². The van der Waals surface area contributed by atoms with E-state index in [-0.39, 0.29) is 5.82 Å². The minimum Gasteiger partial charge on any atom is -0.244 e. The van der Waals surface area contributed by atoms with Crippen molar-refractivity contribution in [2.75, 3.05) is 0 Å². The number of halogens is 2. The Kier molecular flexibility index (Phi) is 3.16. The van der Waals surface area contributed by atoms with Crippen LogP contribution in [-0.2, 0) is 0 Å². The lowest BCUT2D eigenvalue weighted by atomic mass is 10.0. The third-order valence-corrected chi connectivity index (χ3v) is 2.85. The van der Waals surface area contributed by atoms with Crippen molar-refractivity contribution in [1.82, 2.24) is 15.0 Å². The van der Waals surface area contributed by atoms with Crippen LogP contribution in [0.1, 0.15) is 0 Å². The predicted molar refractivity (Wildman–Crippen MR) is 70.6 cm³/mol. The van der Waals surface area contributed by atoms with E-state index in [1.165, 1.54) is 30.7 Å². The van der Waals surface area contributed by atoms with Gasteiger partial charge in [-0.15, -0.1) is 0 Å². The Hall–Kier alpha value is -2.69. The Bertz CT molecular complexity index is 695. The van der Waals surface area contributed by atoms with Gasteiger partial charge in [0.2, 0.25) is 5.95 Å². The number of aromatic nitrogens is 3. The molecule has 5 heteroatoms. The van der Waals surface area contributed by atoms with Crippen molar-refractivity contribution < 1.29 is 8.78 Å². The average molecular weight is 269 g/mol. The predicted octanol–water partition coefficient (Wildman–Crippen LogP) is 3.48. The van der Waals surface area contributed by atoms with E-state index in [9.17, 15) is 8.78 Å². The monoisotopic (exact) mass is 269 g/mol. The molecular formula is C15H9F2N3. The minimum atomic E-state index is -0.587. The second-order valence-electron chi connectivity index (χ2n) is 4.16. The summed E-state index contributed by atoms with van der Waals surface area (Å²) in [5.74, 6) is -0.940. The first-order valence-electron chi connectivity index (χ1n) is 5.92. The maximum Gasteiger partial charge on any atom is 0.213 e. The molecule has 0 N–H and O–H groups in total. The van der Waals surface area contributed by atoms with E-state index in [1.54, 1.807) is 24.4 Å². The quantitative estimate of drug-likeness (QED) is 0.668. The fourth-order valence-corrected chi connectivity index (χ4v) is 1.98. The average Bonchev–Trinajstić information content (AvgIpc) is 2.47. The lowest BCUT2D eigenvalue weighted by molar-refractivity contribution is 0.584. The van der Waals surface area contributed by atoms with Crippen LogP contribution >= 0.6 is 0 Å². The van der Waals surface area contributed by atoms with Crippen LogP contribution in [0.5, 0.6) is 0 Å². The highest BCUT2D eigenvalue weighted by molar-refractivity contribution is 5.79. The highest BCUT2D eigenvalue weighted by atomic mass is 19.1. The molecule has 0 fully saturated rings. The molecule has 98 valence electrons. The van der Waals surface area contributed by atoms with Crippen molar-refractivity contribution in [1.29, 1.82) is 0 Å². The van der Waals surface area contributed by atoms with Crippen LogP contribution in [0.4, 0.5) is 8.78 Å². The van der Waals surface area contributed by atoms with E-state index in [0.717, 1.165) is 0 Å². The molecule has 0 spiro atoms. The van der Waals surface area contributed by atoms with Gasteiger partial charge in [0.05, 0.1) is 5.69 Å². The van der Waals surface area contributed by atoms with Crippen molar-refractivity contribution in [3.8, 4) is 22.4 Å². The molecule has 0 bridgehead atoms. The molecule has 0 saturated carbocycles. The maximum absolute atomic E-state index is 13.3. The topological polar surface area (TPSA) is 38.7 Å². The van der Waals surface area contributed by atoms with E-state index in [2.05, 4.69) is 15.0 Å². The van der Waals surface area contributed by atoms with Crippen LogP contribution in [0.2, 0.25) is 0 Å². The Morgan fingerprint density at radius 3 is 2.60 bits per heavy atom. The molecule has 3 rings (SSSR count). The summed E-state index contributed by atoms with van der Waals surface area (Å²) in [5.41, 5.74) is 2.38. The Morgan fingerprint density at radius 2 is 1.80 bits per heavy atom. The molecule has 2 heterocycles. The van der Waals surface area contributed by atoms with E-state index in [4.69, 9.17) is 0 Å². The number of rotatable bonds is 2. The van der Waals surface area contributed by atoms with Crippen LogP contribution in [-0.4, -0.2) is 15.0 Å². The first kappa shape index (κ1) is 12.3. The fraction of sp³-hybridized carbons (Fsp3) is 0. The van der Waals surface area contributed by atoms with Crippen LogP contribution < -0.4 is 0 Å². The second-order valence-corrected chi connectivity index (χ2v) is 4.16. The van der Waals surface area contributed by atoms with Gasteiger partial charge in [-0.3, -0.25) is 0 Å². The first-order valence-corrected chi connectivity index (χ1v) is 5.92. The largest absolute Gasteiger partial charge is 0.244 e. The smallest absolute Gasteiger partial charge is 0.213 e. The van der Waals surface area contributed by atoms with E-state index in [1.807, 2.05) is 0 Å². The zero-order chi connectivity index (χ0) is 13.9. The third kappa shape index (κ3) is 2.38. The molecule has 0 saturated heterocycles. The molecule has 0 radical (unpaired) electrons. The zero-order valence-electron chi connectivity index (χ0n) is 10.3. The Labute approximate surface area is 114 Å². The van der Waals surface area contributed by atoms with Gasteiger partial charge in [-0.05, 0) is 23.8 Å². The highest BCUT2D eigenvalue weighted by Gasteiger charge is 2.10. The normalized spacial score (nSPS) is 10.5. The molecular weight excluding hydrogens is 260 g/mol. The van der Waals surface area contributed by atoms with Crippen molar-refractivity contribution in [2.45, 2.75) is 0 Å². The van der Waals surface area contributed by atoms with Crippen LogP contribution in [0, 0.1) is 11.8 Å². The second kappa shape index (κ2) is 5.13. The summed E-state index contributed by atoms with van der Waals surface area (Å²) in [6.45, 7) is 0. The van der Waals surface area contributed by atoms with Crippen molar-refractivity contribution in [2.24, 2.45) is 0 Å². The summed E-state index contributed by atoms with van der Waals surface area (Å²) in [4.78, 5) is 11.6. The van der Waals surface area contributed by atoms with Gasteiger partial charge in [0, 0.05) is 29.6 Å². The Balaban J connectivity index is 2.18. The molecule has 0 amide bonds. The van der Waals surface area contributed by atoms with Crippen LogP contribution in [0.15, 0.2) is 55.1 Å². The molecule has 3 aromatic rings. The summed E-state index contributed by atoms with van der Waals surface area (Å²) in [6.07, 6.45) is 4.32. The van der Waals surface area contributed by atoms with Gasteiger partial charge in [-0.25, -0.2) is 19.3 Å². The van der Waals surface area contributed by atoms with Crippen molar-refractivity contribution in [3.05, 3.63) is 66.9 Å². The first-order chi connectivity index (χ1) is 9.74. The third-order valence-electron chi connectivity index (χ3n) is 2.85. The molecule has 0 aliphatic carbocycles. The molecule has 0 aliphatic rings. The fourth-order valence-electron chi connectivity index (χ4n) is 1.98. The van der Waals surface area contributed by atoms with Gasteiger partial charge in [0.25, 0.3) is 0 Å². The number of hydrogen-bond donors (Lipinski definition) is 0. The molecule has 0 aliphatic heterocycles. The summed E-state index contributed by atoms with van der Waals surface area (Å²) in [7, 11) is 0. The van der Waals surface area contributed by atoms with Crippen molar-refractivity contribution in [3.63, 3.8) is 0 Å². The molecule has 0 unspecified atom stereocenters. The summed E-state index contributed by atoms with van der Waals surface area (Å²) >= 11 is 0. The van der Waals surface area contributed by atoms with Gasteiger partial charge >= 0.3 is 0 Å². The standard InChI is InChI=1S/C15H9F2N3/c16-12-3-1-2-11(6-12)15-13(8-18-9-20-15)10-4-5-19-14(17)7-10/h1-9H. The maximum atomic E-state index is 13.3. The van der Waals surface area contributed by atoms with Crippen molar-refractivity contribution >= 4 is 0 Å². The SMILES string of the molecule is Fc1cccc(-c2ncncc2-c2ccnc(F)c2)c1. The van der Waals surface area contributed by atoms with E-state index < -0.39 is 5.95 Å². The van der Waals surface area contributed by atoms with Gasteiger partial charge in [-0.1, -0.05) is 12.1 Å². The number of pyridine rings is 1. The highest BCUT2D eigenvalue weighted by Crippen LogP contribution is 2.29. The van der Waals surface area contributed by atoms with Gasteiger partial charge in [-0.2, -0.15) is 4.39 Å². The molecule has 2 aromatic heterocycles. The molecule has 20 heavy (non-hydrogen) atoms. The summed E-state index contributed by atoms with van der Waals surface area (Å²) in [5, 5.41) is 0. The lowest BCUT2D eigenvalue weighted by Crippen LogP contribution is -1.92. The van der Waals surface area contributed by atoms with Crippen LogP contribution in [0.3, 0.4) is 0 Å². The zero-order valence-corrected chi connectivity index (χ0v) is 10.3. The molecule has 1 aromatic carbocycles. The lowest BCUT2D eigenvalue weighted by Gasteiger charge is -2.08. The van der Waals surface area contributed by atoms with Gasteiger partial charge in [0.15, 0.2) is 0 Å².